The maximum atomic E-state index is 11.9. The van der Waals surface area contributed by atoms with Crippen LogP contribution in [0.1, 0.15) is 101 Å². The van der Waals surface area contributed by atoms with Gasteiger partial charge in [-0.2, -0.15) is 0 Å². The maximum Gasteiger partial charge on any atom is 0.308 e. The van der Waals surface area contributed by atoms with Gasteiger partial charge < -0.3 is 48.5 Å². The van der Waals surface area contributed by atoms with Crippen LogP contribution in [-0.4, -0.2) is 107 Å². The molecule has 0 bridgehead atoms. The van der Waals surface area contributed by atoms with Gasteiger partial charge in [-0.3, -0.25) is 4.79 Å². The van der Waals surface area contributed by atoms with Crippen LogP contribution in [0.2, 0.25) is 0 Å². The highest BCUT2D eigenvalue weighted by atomic mass is 16.7. The lowest BCUT2D eigenvalue weighted by Gasteiger charge is -2.52. The van der Waals surface area contributed by atoms with Crippen LogP contribution < -0.4 is 0 Å². The second-order valence-corrected chi connectivity index (χ2v) is 16.3. The van der Waals surface area contributed by atoms with Gasteiger partial charge in [0.25, 0.3) is 0 Å². The van der Waals surface area contributed by atoms with E-state index in [0.717, 1.165) is 19.3 Å². The number of rotatable bonds is 10. The fourth-order valence-electron chi connectivity index (χ4n) is 10.1. The molecule has 0 aromatic rings. The van der Waals surface area contributed by atoms with Crippen molar-refractivity contribution < 1.29 is 53.3 Å². The normalized spacial score (nSPS) is 51.3. The molecule has 5 saturated heterocycles. The first-order valence-electron chi connectivity index (χ1n) is 17.9. The number of hydrogen-bond donors (Lipinski definition) is 3. The summed E-state index contributed by atoms with van der Waals surface area (Å²) in [5.41, 5.74) is -1.40. The fraction of sp³-hybridized carbons (Fsp3) is 0.972. The van der Waals surface area contributed by atoms with Crippen molar-refractivity contribution >= 4 is 5.97 Å². The zero-order valence-corrected chi connectivity index (χ0v) is 30.4. The zero-order valence-electron chi connectivity index (χ0n) is 30.4. The monoisotopic (exact) mass is 670 g/mol. The predicted molar refractivity (Wildman–Crippen MR) is 172 cm³/mol. The minimum atomic E-state index is -1.48. The molecule has 11 nitrogen and oxygen atoms in total. The molecule has 272 valence electrons. The van der Waals surface area contributed by atoms with E-state index in [1.165, 1.54) is 0 Å². The summed E-state index contributed by atoms with van der Waals surface area (Å²) >= 11 is 0. The lowest BCUT2D eigenvalue weighted by atomic mass is 9.74. The van der Waals surface area contributed by atoms with E-state index in [0.29, 0.717) is 19.3 Å². The van der Waals surface area contributed by atoms with Gasteiger partial charge in [0.05, 0.1) is 59.8 Å². The summed E-state index contributed by atoms with van der Waals surface area (Å²) < 4.78 is 45.4. The maximum absolute atomic E-state index is 11.9. The van der Waals surface area contributed by atoms with Crippen molar-refractivity contribution in [2.75, 3.05) is 14.2 Å². The standard InChI is InChI=1S/C36H62O11/c1-18-16-27(36(40)19(2)17-34(9,47-36)24(7)37)43-31(18)33(8)14-12-25(44-33)26-13-15-35(45-26)23(6)30(42-11)21(4)29(46-35)20(3)28(41-10)22(5)32(38)39/h18-31,37,40H,12-17H2,1-11H3,(H,38,39). The highest BCUT2D eigenvalue weighted by Gasteiger charge is 2.63. The second kappa shape index (κ2) is 13.3. The van der Waals surface area contributed by atoms with E-state index in [1.807, 2.05) is 20.8 Å². The van der Waals surface area contributed by atoms with Gasteiger partial charge in [0, 0.05) is 44.3 Å². The number of methoxy groups -OCH3 is 2. The van der Waals surface area contributed by atoms with Crippen molar-refractivity contribution in [1.29, 1.82) is 0 Å². The Morgan fingerprint density at radius 3 is 2.17 bits per heavy atom. The summed E-state index contributed by atoms with van der Waals surface area (Å²) in [6, 6.07) is 0. The number of carboxylic acids is 1. The average molecular weight is 671 g/mol. The molecule has 18 unspecified atom stereocenters. The lowest BCUT2D eigenvalue weighted by Crippen LogP contribution is -2.60. The van der Waals surface area contributed by atoms with E-state index in [4.69, 9.17) is 33.2 Å². The van der Waals surface area contributed by atoms with Crippen molar-refractivity contribution in [2.45, 2.75) is 172 Å². The van der Waals surface area contributed by atoms with Crippen LogP contribution in [-0.2, 0) is 38.0 Å². The number of aliphatic hydroxyl groups excluding tert-OH is 1. The number of aliphatic hydroxyl groups is 2. The summed E-state index contributed by atoms with van der Waals surface area (Å²) in [5, 5.41) is 31.9. The van der Waals surface area contributed by atoms with Gasteiger partial charge in [0.2, 0.25) is 0 Å². The van der Waals surface area contributed by atoms with Gasteiger partial charge in [-0.05, 0) is 65.7 Å². The smallest absolute Gasteiger partial charge is 0.308 e. The van der Waals surface area contributed by atoms with Crippen LogP contribution in [0, 0.1) is 35.5 Å². The Labute approximate surface area is 281 Å². The molecule has 0 amide bonds. The van der Waals surface area contributed by atoms with Gasteiger partial charge in [0.1, 0.15) is 6.10 Å². The Kier molecular flexibility index (Phi) is 10.6. The molecular weight excluding hydrogens is 608 g/mol. The topological polar surface area (TPSA) is 142 Å². The van der Waals surface area contributed by atoms with Gasteiger partial charge >= 0.3 is 5.97 Å². The second-order valence-electron chi connectivity index (χ2n) is 16.3. The summed E-state index contributed by atoms with van der Waals surface area (Å²) in [7, 11) is 3.28. The third-order valence-corrected chi connectivity index (χ3v) is 13.1. The number of ether oxygens (including phenoxy) is 7. The molecule has 0 aliphatic carbocycles. The Bertz CT molecular complexity index is 1120. The van der Waals surface area contributed by atoms with E-state index >= 15 is 0 Å². The molecule has 5 aliphatic heterocycles. The minimum Gasteiger partial charge on any atom is -0.481 e. The van der Waals surface area contributed by atoms with E-state index in [-0.39, 0.29) is 60.1 Å². The Balaban J connectivity index is 1.28. The Morgan fingerprint density at radius 2 is 1.60 bits per heavy atom. The minimum absolute atomic E-state index is 0.00303. The first-order chi connectivity index (χ1) is 21.9. The van der Waals surface area contributed by atoms with Crippen molar-refractivity contribution in [3.05, 3.63) is 0 Å². The molecule has 0 aromatic heterocycles. The van der Waals surface area contributed by atoms with Crippen molar-refractivity contribution in [3.8, 4) is 0 Å². The molecule has 5 rings (SSSR count). The van der Waals surface area contributed by atoms with Gasteiger partial charge in [-0.25, -0.2) is 0 Å². The third-order valence-electron chi connectivity index (χ3n) is 13.1. The lowest BCUT2D eigenvalue weighted by molar-refractivity contribution is -0.346. The molecule has 0 saturated carbocycles. The van der Waals surface area contributed by atoms with E-state index < -0.39 is 53.0 Å². The van der Waals surface area contributed by atoms with Gasteiger partial charge in [-0.1, -0.05) is 34.6 Å². The highest BCUT2D eigenvalue weighted by molar-refractivity contribution is 5.70. The van der Waals surface area contributed by atoms with Crippen LogP contribution in [0.3, 0.4) is 0 Å². The van der Waals surface area contributed by atoms with E-state index in [2.05, 4.69) is 27.7 Å². The van der Waals surface area contributed by atoms with Crippen LogP contribution in [0.4, 0.5) is 0 Å². The summed E-state index contributed by atoms with van der Waals surface area (Å²) in [6.07, 6.45) is 1.42. The third kappa shape index (κ3) is 6.33. The van der Waals surface area contributed by atoms with Crippen LogP contribution in [0.15, 0.2) is 0 Å². The summed E-state index contributed by atoms with van der Waals surface area (Å²) in [6.45, 7) is 17.7. The fourth-order valence-corrected chi connectivity index (χ4v) is 10.1. The zero-order chi connectivity index (χ0) is 34.9. The van der Waals surface area contributed by atoms with E-state index in [1.54, 1.807) is 28.1 Å². The first kappa shape index (κ1) is 37.4. The van der Waals surface area contributed by atoms with Crippen molar-refractivity contribution in [1.82, 2.24) is 0 Å². The largest absolute Gasteiger partial charge is 0.481 e. The van der Waals surface area contributed by atoms with Crippen molar-refractivity contribution in [2.24, 2.45) is 35.5 Å². The number of carboxylic acid groups (broad SMARTS) is 1. The van der Waals surface area contributed by atoms with Crippen LogP contribution in [0.5, 0.6) is 0 Å². The molecule has 0 radical (unpaired) electrons. The van der Waals surface area contributed by atoms with Crippen molar-refractivity contribution in [3.63, 3.8) is 0 Å². The number of hydrogen-bond acceptors (Lipinski definition) is 10. The van der Waals surface area contributed by atoms with E-state index in [9.17, 15) is 20.1 Å². The SMILES string of the molecule is COC(C(C)C(=O)O)C(C)C1OC2(CCC(C3CCC(C)(C4OC(C5(O)OC(C)(C(C)O)CC5C)CC4C)O3)O2)C(C)C(OC)C1C. The molecule has 5 fully saturated rings. The molecule has 5 aliphatic rings. The Hall–Kier alpha value is -0.890. The number of aliphatic carboxylic acids is 1. The molecule has 11 heteroatoms. The molecule has 0 aromatic carbocycles. The first-order valence-corrected chi connectivity index (χ1v) is 17.9. The molecule has 5 heterocycles. The van der Waals surface area contributed by atoms with Crippen LogP contribution in [0.25, 0.3) is 0 Å². The summed E-state index contributed by atoms with van der Waals surface area (Å²) in [5.74, 6) is -4.30. The Morgan fingerprint density at radius 1 is 0.957 bits per heavy atom. The molecule has 18 atom stereocenters. The van der Waals surface area contributed by atoms with Gasteiger partial charge in [0.15, 0.2) is 11.6 Å². The van der Waals surface area contributed by atoms with Crippen LogP contribution >= 0.6 is 0 Å². The van der Waals surface area contributed by atoms with Gasteiger partial charge in [-0.15, -0.1) is 0 Å². The highest BCUT2D eigenvalue weighted by Crippen LogP contribution is 2.54. The average Bonchev–Trinajstić information content (AvgIpc) is 3.77. The predicted octanol–water partition coefficient (Wildman–Crippen LogP) is 4.54. The molecule has 47 heavy (non-hydrogen) atoms. The molecular formula is C36H62O11. The molecule has 1 spiro atoms. The summed E-state index contributed by atoms with van der Waals surface area (Å²) in [4.78, 5) is 11.9. The molecule has 3 N–H and O–H groups in total. The quantitative estimate of drug-likeness (QED) is 0.302. The number of carbonyl (C=O) groups is 1.